The molecular formula is C42H68F2N2O8. The summed E-state index contributed by atoms with van der Waals surface area (Å²) in [4.78, 5) is 40.3. The van der Waals surface area contributed by atoms with Gasteiger partial charge < -0.3 is 34.7 Å². The van der Waals surface area contributed by atoms with Gasteiger partial charge in [0.05, 0.1) is 25.7 Å². The van der Waals surface area contributed by atoms with Crippen molar-refractivity contribution >= 4 is 17.8 Å². The monoisotopic (exact) mass is 766 g/mol. The van der Waals surface area contributed by atoms with E-state index in [4.69, 9.17) is 18.9 Å². The second kappa shape index (κ2) is 24.4. The lowest BCUT2D eigenvalue weighted by Crippen LogP contribution is -2.57. The zero-order valence-corrected chi connectivity index (χ0v) is 33.7. The highest BCUT2D eigenvalue weighted by Gasteiger charge is 2.51. The van der Waals surface area contributed by atoms with Crippen LogP contribution in [0.4, 0.5) is 8.78 Å². The third-order valence-corrected chi connectivity index (χ3v) is 9.51. The molecule has 3 atom stereocenters. The van der Waals surface area contributed by atoms with E-state index < -0.39 is 59.6 Å². The number of allylic oxidation sites excluding steroid dienone is 1. The lowest BCUT2D eigenvalue weighted by molar-refractivity contribution is -0.188. The number of hydrogen-bond acceptors (Lipinski definition) is 8. The fraction of sp³-hybridized carbons (Fsp3) is 0.738. The molecule has 0 spiro atoms. The number of carbonyl (C=O) groups excluding carboxylic acids is 3. The van der Waals surface area contributed by atoms with Crippen LogP contribution in [0.15, 0.2) is 36.4 Å². The molecule has 1 heterocycles. The van der Waals surface area contributed by atoms with Crippen LogP contribution in [0, 0.1) is 5.92 Å². The molecule has 12 heteroatoms. The number of likely N-dealkylation sites (N-methyl/N-ethyl adjacent to an activating group) is 1. The number of esters is 1. The number of benzene rings is 1. The summed E-state index contributed by atoms with van der Waals surface area (Å²) < 4.78 is 51.2. The van der Waals surface area contributed by atoms with Crippen molar-refractivity contribution in [1.82, 2.24) is 10.6 Å². The third-order valence-electron chi connectivity index (χ3n) is 9.51. The van der Waals surface area contributed by atoms with Crippen LogP contribution in [0.1, 0.15) is 136 Å². The molecule has 2 amide bonds. The number of halogens is 2. The molecule has 0 aromatic heterocycles. The van der Waals surface area contributed by atoms with Gasteiger partial charge in [0.2, 0.25) is 18.2 Å². The first-order valence-corrected chi connectivity index (χ1v) is 20.1. The number of rotatable bonds is 27. The Hall–Kier alpha value is -3.09. The van der Waals surface area contributed by atoms with Gasteiger partial charge in [0.1, 0.15) is 17.4 Å². The second-order valence-corrected chi connectivity index (χ2v) is 15.4. The minimum Gasteiger partial charge on any atom is -0.494 e. The smallest absolute Gasteiger partial charge is 0.340 e. The highest BCUT2D eigenvalue weighted by Crippen LogP contribution is 2.33. The lowest BCUT2D eigenvalue weighted by atomic mass is 9.82. The van der Waals surface area contributed by atoms with Gasteiger partial charge in [-0.2, -0.15) is 0 Å². The van der Waals surface area contributed by atoms with Gasteiger partial charge in [-0.15, -0.1) is 0 Å². The van der Waals surface area contributed by atoms with Crippen LogP contribution < -0.4 is 15.4 Å². The molecule has 2 rings (SSSR count). The van der Waals surface area contributed by atoms with Gasteiger partial charge in [0, 0.05) is 32.7 Å². The van der Waals surface area contributed by atoms with Crippen molar-refractivity contribution in [3.63, 3.8) is 0 Å². The minimum atomic E-state index is -3.13. The van der Waals surface area contributed by atoms with Crippen LogP contribution in [0.5, 0.6) is 5.75 Å². The SMILES string of the molecule is CCCCCCCC1(CCCCCCC=C[C@H](C(=O)N[C@@H](Cc2ccc(OCCCC)cc2)C(=O)NC)[C@@](O)(CC(F)F)C(=O)OC(C)(C)C)OCCO1. The van der Waals surface area contributed by atoms with Crippen molar-refractivity contribution in [3.8, 4) is 5.75 Å². The Morgan fingerprint density at radius 1 is 0.889 bits per heavy atom. The summed E-state index contributed by atoms with van der Waals surface area (Å²) in [6.07, 6.45) is 11.9. The average molecular weight is 767 g/mol. The zero-order valence-electron chi connectivity index (χ0n) is 33.7. The van der Waals surface area contributed by atoms with Gasteiger partial charge in [0.15, 0.2) is 11.4 Å². The molecule has 308 valence electrons. The number of alkyl halides is 2. The van der Waals surface area contributed by atoms with E-state index in [0.29, 0.717) is 37.6 Å². The molecule has 54 heavy (non-hydrogen) atoms. The Labute approximate surface area is 322 Å². The molecule has 10 nitrogen and oxygen atoms in total. The van der Waals surface area contributed by atoms with Gasteiger partial charge in [-0.25, -0.2) is 13.6 Å². The van der Waals surface area contributed by atoms with Crippen molar-refractivity contribution in [3.05, 3.63) is 42.0 Å². The van der Waals surface area contributed by atoms with Crippen LogP contribution in [0.3, 0.4) is 0 Å². The van der Waals surface area contributed by atoms with Crippen LogP contribution in [0.25, 0.3) is 0 Å². The second-order valence-electron chi connectivity index (χ2n) is 15.4. The molecule has 1 aliphatic heterocycles. The van der Waals surface area contributed by atoms with Gasteiger partial charge in [0.25, 0.3) is 0 Å². The molecule has 1 aromatic carbocycles. The number of amides is 2. The van der Waals surface area contributed by atoms with E-state index in [1.165, 1.54) is 38.8 Å². The summed E-state index contributed by atoms with van der Waals surface area (Å²) in [5, 5.41) is 16.8. The molecule has 0 radical (unpaired) electrons. The van der Waals surface area contributed by atoms with E-state index in [1.54, 1.807) is 51.1 Å². The number of nitrogens with one attached hydrogen (secondary N) is 2. The Bertz CT molecular complexity index is 1260. The van der Waals surface area contributed by atoms with Crippen molar-refractivity contribution in [2.24, 2.45) is 5.92 Å². The van der Waals surface area contributed by atoms with Gasteiger partial charge in [-0.3, -0.25) is 9.59 Å². The highest BCUT2D eigenvalue weighted by atomic mass is 19.3. The maximum absolute atomic E-state index is 14.0. The lowest BCUT2D eigenvalue weighted by Gasteiger charge is -2.34. The first-order valence-electron chi connectivity index (χ1n) is 20.1. The van der Waals surface area contributed by atoms with E-state index in [-0.39, 0.29) is 6.42 Å². The fourth-order valence-corrected chi connectivity index (χ4v) is 6.49. The first kappa shape index (κ1) is 47.1. The van der Waals surface area contributed by atoms with Crippen molar-refractivity contribution < 1.29 is 47.2 Å². The Morgan fingerprint density at radius 2 is 1.48 bits per heavy atom. The summed E-state index contributed by atoms with van der Waals surface area (Å²) >= 11 is 0. The Morgan fingerprint density at radius 3 is 2.04 bits per heavy atom. The molecule has 0 bridgehead atoms. The summed E-state index contributed by atoms with van der Waals surface area (Å²) in [6.45, 7) is 10.7. The molecule has 0 aliphatic carbocycles. The predicted molar refractivity (Wildman–Crippen MR) is 206 cm³/mol. The molecule has 3 N–H and O–H groups in total. The quantitative estimate of drug-likeness (QED) is 0.0467. The summed E-state index contributed by atoms with van der Waals surface area (Å²) in [5.41, 5.74) is -3.33. The van der Waals surface area contributed by atoms with E-state index in [0.717, 1.165) is 57.8 Å². The average Bonchev–Trinajstić information content (AvgIpc) is 3.58. The Kier molecular flexibility index (Phi) is 21.3. The molecule has 1 aromatic rings. The van der Waals surface area contributed by atoms with Gasteiger partial charge in [-0.05, 0) is 70.6 Å². The van der Waals surface area contributed by atoms with Crippen LogP contribution in [0.2, 0.25) is 0 Å². The van der Waals surface area contributed by atoms with Gasteiger partial charge in [-0.1, -0.05) is 83.1 Å². The molecule has 0 unspecified atom stereocenters. The summed E-state index contributed by atoms with van der Waals surface area (Å²) in [7, 11) is 1.42. The topological polar surface area (TPSA) is 132 Å². The first-order chi connectivity index (χ1) is 25.7. The molecule has 1 saturated heterocycles. The maximum atomic E-state index is 14.0. The fourth-order valence-electron chi connectivity index (χ4n) is 6.49. The van der Waals surface area contributed by atoms with E-state index in [2.05, 4.69) is 24.5 Å². The normalized spacial score (nSPS) is 16.6. The molecule has 1 fully saturated rings. The van der Waals surface area contributed by atoms with Crippen molar-refractivity contribution in [2.45, 2.75) is 167 Å². The van der Waals surface area contributed by atoms with E-state index >= 15 is 0 Å². The van der Waals surface area contributed by atoms with Crippen LogP contribution in [-0.2, 0) is 35.0 Å². The van der Waals surface area contributed by atoms with Crippen molar-refractivity contribution in [1.29, 1.82) is 0 Å². The summed E-state index contributed by atoms with van der Waals surface area (Å²) in [5.74, 6) is -4.42. The van der Waals surface area contributed by atoms with E-state index in [9.17, 15) is 28.3 Å². The number of unbranched alkanes of at least 4 members (excludes halogenated alkanes) is 9. The van der Waals surface area contributed by atoms with Crippen LogP contribution in [-0.4, -0.2) is 79.2 Å². The zero-order chi connectivity index (χ0) is 40.0. The van der Waals surface area contributed by atoms with Gasteiger partial charge >= 0.3 is 5.97 Å². The van der Waals surface area contributed by atoms with Crippen molar-refractivity contribution in [2.75, 3.05) is 26.9 Å². The van der Waals surface area contributed by atoms with E-state index in [1.807, 2.05) is 0 Å². The Balaban J connectivity index is 2.16. The largest absolute Gasteiger partial charge is 0.494 e. The number of aliphatic hydroxyl groups is 1. The number of carbonyl (C=O) groups is 3. The summed E-state index contributed by atoms with van der Waals surface area (Å²) in [6, 6.07) is 5.96. The van der Waals surface area contributed by atoms with Crippen LogP contribution >= 0.6 is 0 Å². The number of hydrogen-bond donors (Lipinski definition) is 3. The standard InChI is InChI=1S/C42H68F2N2O8/c1-7-9-11-15-18-25-41(52-28-29-53-41)26-19-16-13-12-14-17-20-34(42(50,31-36(43)44)39(49)54-40(3,4)5)37(47)46-35(38(48)45-6)30-32-21-23-33(24-22-32)51-27-10-8-2/h17,20-24,34-36,50H,7-16,18-19,25-31H2,1-6H3,(H,45,48)(H,46,47)/t34-,35+,42+/m1/s1. The predicted octanol–water partition coefficient (Wildman–Crippen LogP) is 7.98. The minimum absolute atomic E-state index is 0.0625. The maximum Gasteiger partial charge on any atom is 0.340 e. The molecular weight excluding hydrogens is 698 g/mol. The third kappa shape index (κ3) is 17.1. The molecule has 1 aliphatic rings. The highest BCUT2D eigenvalue weighted by molar-refractivity contribution is 5.94. The molecule has 0 saturated carbocycles. The number of ether oxygens (including phenoxy) is 4.